The number of carboxylic acid groups (broad SMARTS) is 1. The maximum absolute atomic E-state index is 13.0. The van der Waals surface area contributed by atoms with Crippen LogP contribution in [0.2, 0.25) is 0 Å². The van der Waals surface area contributed by atoms with Gasteiger partial charge in [-0.05, 0) is 43.0 Å². The Morgan fingerprint density at radius 3 is 2.00 bits per heavy atom. The number of fused-ring (bicyclic) bond motifs is 3. The number of aliphatic carboxylic acids is 1. The second kappa shape index (κ2) is 8.19. The number of carboxylic acids is 1. The van der Waals surface area contributed by atoms with Crippen LogP contribution in [0.5, 0.6) is 0 Å². The molecule has 8 nitrogen and oxygen atoms in total. The molecule has 33 heavy (non-hydrogen) atoms. The molecule has 0 unspecified atom stereocenters. The molecule has 1 amide bonds. The van der Waals surface area contributed by atoms with E-state index in [1.54, 1.807) is 20.8 Å². The van der Waals surface area contributed by atoms with Crippen molar-refractivity contribution in [2.24, 2.45) is 11.7 Å². The summed E-state index contributed by atoms with van der Waals surface area (Å²) in [6, 6.07) is 15.7. The summed E-state index contributed by atoms with van der Waals surface area (Å²) in [4.78, 5) is 38.5. The molecule has 3 N–H and O–H groups in total. The van der Waals surface area contributed by atoms with Gasteiger partial charge in [-0.15, -0.1) is 0 Å². The predicted octanol–water partition coefficient (Wildman–Crippen LogP) is 2.99. The second-order valence-electron chi connectivity index (χ2n) is 9.58. The number of esters is 1. The molecule has 1 saturated heterocycles. The highest BCUT2D eigenvalue weighted by molar-refractivity contribution is 6.04. The van der Waals surface area contributed by atoms with Gasteiger partial charge in [-0.3, -0.25) is 0 Å². The molecule has 2 aromatic carbocycles. The lowest BCUT2D eigenvalue weighted by molar-refractivity contribution is -0.168. The van der Waals surface area contributed by atoms with E-state index in [2.05, 4.69) is 0 Å². The molecule has 1 aliphatic heterocycles. The van der Waals surface area contributed by atoms with E-state index in [1.165, 1.54) is 4.90 Å². The second-order valence-corrected chi connectivity index (χ2v) is 9.58. The van der Waals surface area contributed by atoms with E-state index < -0.39 is 35.1 Å². The van der Waals surface area contributed by atoms with Gasteiger partial charge < -0.3 is 25.2 Å². The first-order valence-electron chi connectivity index (χ1n) is 10.9. The molecule has 1 heterocycles. The third-order valence-corrected chi connectivity index (χ3v) is 6.21. The first kappa shape index (κ1) is 22.8. The Kier molecular flexibility index (Phi) is 5.66. The quantitative estimate of drug-likeness (QED) is 0.529. The number of rotatable bonds is 5. The average Bonchev–Trinajstić information content (AvgIpc) is 3.03. The number of nitrogens with two attached hydrogens (primary N) is 1. The summed E-state index contributed by atoms with van der Waals surface area (Å²) in [6.07, 6.45) is -0.570. The molecular formula is C25H28N2O6. The number of likely N-dealkylation sites (tertiary alicyclic amines) is 1. The zero-order valence-electron chi connectivity index (χ0n) is 18.9. The monoisotopic (exact) mass is 452 g/mol. The van der Waals surface area contributed by atoms with Crippen molar-refractivity contribution in [3.05, 3.63) is 59.7 Å². The summed E-state index contributed by atoms with van der Waals surface area (Å²) < 4.78 is 10.8. The van der Waals surface area contributed by atoms with Crippen LogP contribution in [-0.2, 0) is 19.1 Å². The van der Waals surface area contributed by atoms with Crippen molar-refractivity contribution in [3.63, 3.8) is 0 Å². The van der Waals surface area contributed by atoms with Crippen molar-refractivity contribution in [3.8, 4) is 11.1 Å². The molecule has 2 aromatic rings. The number of hydrogen-bond donors (Lipinski definition) is 2. The van der Waals surface area contributed by atoms with Crippen LogP contribution >= 0.6 is 0 Å². The van der Waals surface area contributed by atoms with Crippen molar-refractivity contribution in [1.82, 2.24) is 4.90 Å². The first-order valence-corrected chi connectivity index (χ1v) is 10.9. The Hall–Kier alpha value is -3.39. The topological polar surface area (TPSA) is 119 Å². The van der Waals surface area contributed by atoms with Gasteiger partial charge in [-0.25, -0.2) is 14.4 Å². The van der Waals surface area contributed by atoms with Crippen LogP contribution in [-0.4, -0.2) is 58.9 Å². The number of carbonyl (C=O) groups excluding carboxylic acids is 2. The third kappa shape index (κ3) is 4.06. The maximum atomic E-state index is 13.0. The van der Waals surface area contributed by atoms with Gasteiger partial charge in [0.25, 0.3) is 0 Å². The van der Waals surface area contributed by atoms with Crippen molar-refractivity contribution in [2.45, 2.75) is 37.8 Å². The van der Waals surface area contributed by atoms with E-state index in [9.17, 15) is 19.5 Å². The number of amides is 1. The van der Waals surface area contributed by atoms with Crippen molar-refractivity contribution in [1.29, 1.82) is 0 Å². The predicted molar refractivity (Wildman–Crippen MR) is 121 cm³/mol. The number of hydrogen-bond acceptors (Lipinski definition) is 6. The summed E-state index contributed by atoms with van der Waals surface area (Å²) in [5, 5.41) is 9.80. The Bertz CT molecular complexity index is 1060. The third-order valence-electron chi connectivity index (χ3n) is 6.21. The highest BCUT2D eigenvalue weighted by atomic mass is 16.6. The minimum atomic E-state index is -2.25. The summed E-state index contributed by atoms with van der Waals surface area (Å²) >= 11 is 0. The Balaban J connectivity index is 1.46. The lowest BCUT2D eigenvalue weighted by Gasteiger charge is -2.45. The van der Waals surface area contributed by atoms with Gasteiger partial charge in [0.05, 0.1) is 0 Å². The minimum absolute atomic E-state index is 0.00189. The molecule has 1 atom stereocenters. The van der Waals surface area contributed by atoms with Crippen LogP contribution < -0.4 is 5.73 Å². The number of ether oxygens (including phenoxy) is 2. The standard InChI is InChI=1S/C25H28N2O6/c1-24(2,3)33-23(31)27-12-15(13-27)25(26,21(28)29)22(30)32-14-20-18-10-6-4-8-16(18)17-9-5-7-11-19(17)20/h4-11,15,20H,12-14,26H2,1-3H3,(H,28,29)/t25-/m0/s1. The normalized spacial score (nSPS) is 17.4. The molecule has 0 saturated carbocycles. The Morgan fingerprint density at radius 2 is 1.52 bits per heavy atom. The highest BCUT2D eigenvalue weighted by Crippen LogP contribution is 2.44. The molecule has 0 bridgehead atoms. The molecule has 174 valence electrons. The van der Waals surface area contributed by atoms with Crippen LogP contribution in [0.25, 0.3) is 11.1 Å². The smallest absolute Gasteiger partial charge is 0.410 e. The molecular weight excluding hydrogens is 424 g/mol. The van der Waals surface area contributed by atoms with Gasteiger partial charge in [0.2, 0.25) is 5.54 Å². The average molecular weight is 453 g/mol. The lowest BCUT2D eigenvalue weighted by atomic mass is 9.79. The van der Waals surface area contributed by atoms with E-state index in [0.29, 0.717) is 0 Å². The molecule has 0 spiro atoms. The van der Waals surface area contributed by atoms with E-state index >= 15 is 0 Å². The highest BCUT2D eigenvalue weighted by Gasteiger charge is 2.56. The van der Waals surface area contributed by atoms with Crippen molar-refractivity contribution in [2.75, 3.05) is 19.7 Å². The van der Waals surface area contributed by atoms with E-state index in [-0.39, 0.29) is 25.6 Å². The number of nitrogens with zero attached hydrogens (tertiary/aromatic N) is 1. The Labute approximate surface area is 192 Å². The molecule has 8 heteroatoms. The summed E-state index contributed by atoms with van der Waals surface area (Å²) in [6.45, 7) is 5.20. The van der Waals surface area contributed by atoms with Crippen LogP contribution in [0, 0.1) is 5.92 Å². The van der Waals surface area contributed by atoms with Gasteiger partial charge in [0.15, 0.2) is 0 Å². The molecule has 0 radical (unpaired) electrons. The van der Waals surface area contributed by atoms with Gasteiger partial charge >= 0.3 is 18.0 Å². The minimum Gasteiger partial charge on any atom is -0.479 e. The van der Waals surface area contributed by atoms with E-state index in [1.807, 2.05) is 48.5 Å². The van der Waals surface area contributed by atoms with E-state index in [4.69, 9.17) is 15.2 Å². The first-order chi connectivity index (χ1) is 15.5. The van der Waals surface area contributed by atoms with Crippen LogP contribution in [0.4, 0.5) is 4.79 Å². The molecule has 1 fully saturated rings. The van der Waals surface area contributed by atoms with Gasteiger partial charge in [0, 0.05) is 24.9 Å². The van der Waals surface area contributed by atoms with Crippen molar-refractivity contribution < 1.29 is 29.0 Å². The number of carbonyl (C=O) groups is 3. The van der Waals surface area contributed by atoms with Gasteiger partial charge in [0.1, 0.15) is 12.2 Å². The van der Waals surface area contributed by atoms with Crippen molar-refractivity contribution >= 4 is 18.0 Å². The lowest BCUT2D eigenvalue weighted by Crippen LogP contribution is -2.70. The van der Waals surface area contributed by atoms with E-state index in [0.717, 1.165) is 22.3 Å². The summed E-state index contributed by atoms with van der Waals surface area (Å²) in [7, 11) is 0. The molecule has 2 aliphatic rings. The molecule has 1 aliphatic carbocycles. The van der Waals surface area contributed by atoms with Crippen LogP contribution in [0.3, 0.4) is 0 Å². The zero-order valence-corrected chi connectivity index (χ0v) is 18.9. The zero-order chi connectivity index (χ0) is 24.0. The fourth-order valence-corrected chi connectivity index (χ4v) is 4.39. The number of benzene rings is 2. The summed E-state index contributed by atoms with van der Waals surface area (Å²) in [5.74, 6) is -3.48. The fourth-order valence-electron chi connectivity index (χ4n) is 4.39. The van der Waals surface area contributed by atoms with Gasteiger partial charge in [-0.1, -0.05) is 48.5 Å². The maximum Gasteiger partial charge on any atom is 0.410 e. The van der Waals surface area contributed by atoms with Crippen LogP contribution in [0.1, 0.15) is 37.8 Å². The Morgan fingerprint density at radius 1 is 1.00 bits per heavy atom. The SMILES string of the molecule is CC(C)(C)OC(=O)N1CC([C@](N)(C(=O)O)C(=O)OCC2c3ccccc3-c3ccccc32)C1. The summed E-state index contributed by atoms with van der Waals surface area (Å²) in [5.41, 5.74) is 7.34. The largest absolute Gasteiger partial charge is 0.479 e. The molecule has 0 aromatic heterocycles. The van der Waals surface area contributed by atoms with Crippen LogP contribution in [0.15, 0.2) is 48.5 Å². The fraction of sp³-hybridized carbons (Fsp3) is 0.400. The molecule has 4 rings (SSSR count). The van der Waals surface area contributed by atoms with Gasteiger partial charge in [-0.2, -0.15) is 0 Å².